The maximum Gasteiger partial charge on any atom is 0.404 e. The van der Waals surface area contributed by atoms with Crippen molar-refractivity contribution in [3.8, 4) is 6.07 Å². The Morgan fingerprint density at radius 3 is 2.50 bits per heavy atom. The number of nitriles is 1. The van der Waals surface area contributed by atoms with Crippen molar-refractivity contribution < 1.29 is 26.4 Å². The van der Waals surface area contributed by atoms with Crippen molar-refractivity contribution in [3.63, 3.8) is 0 Å². The van der Waals surface area contributed by atoms with Crippen molar-refractivity contribution in [2.24, 2.45) is 7.05 Å². The molecular weight excluding hydrogens is 397 g/mol. The van der Waals surface area contributed by atoms with Crippen LogP contribution in [0, 0.1) is 18.3 Å². The van der Waals surface area contributed by atoms with Gasteiger partial charge in [-0.05, 0) is 37.6 Å². The molecule has 0 spiro atoms. The number of benzene rings is 1. The number of carbonyl (C=O) groups excluding carboxylic acids is 1. The van der Waals surface area contributed by atoms with E-state index in [1.54, 1.807) is 19.1 Å². The van der Waals surface area contributed by atoms with Crippen molar-refractivity contribution in [2.45, 2.75) is 31.0 Å². The second-order valence-electron chi connectivity index (χ2n) is 6.15. The fraction of sp³-hybridized carbons (Fsp3) is 0.294. The highest BCUT2D eigenvalue weighted by Gasteiger charge is 2.39. The first-order chi connectivity index (χ1) is 12.8. The predicted octanol–water partition coefficient (Wildman–Crippen LogP) is 2.69. The van der Waals surface area contributed by atoms with E-state index in [0.29, 0.717) is 18.2 Å². The Morgan fingerprint density at radius 2 is 1.93 bits per heavy atom. The molecular formula is C17H17F3N4O3S. The number of rotatable bonds is 5. The number of aromatic nitrogens is 1. The second kappa shape index (κ2) is 7.65. The highest BCUT2D eigenvalue weighted by atomic mass is 32.2. The van der Waals surface area contributed by atoms with Gasteiger partial charge in [-0.2, -0.15) is 23.2 Å². The van der Waals surface area contributed by atoms with Gasteiger partial charge in [0.1, 0.15) is 16.6 Å². The number of anilines is 1. The van der Waals surface area contributed by atoms with Gasteiger partial charge in [-0.1, -0.05) is 6.07 Å². The van der Waals surface area contributed by atoms with Crippen LogP contribution in [0.2, 0.25) is 0 Å². The standard InChI is InChI=1S/C17H17F3N4O3S/c1-10-4-5-13(6-12(10)8-21)22-16(25)15-7-14(9-24(15)3)28(26,27)23-11(2)17(18,19)20/h4-7,9,11,23H,1-3H3,(H,22,25)/t11-/m0/s1. The molecule has 0 saturated carbocycles. The van der Waals surface area contributed by atoms with Crippen LogP contribution in [0.4, 0.5) is 18.9 Å². The summed E-state index contributed by atoms with van der Waals surface area (Å²) in [7, 11) is -3.10. The third-order valence-electron chi connectivity index (χ3n) is 3.96. The van der Waals surface area contributed by atoms with E-state index < -0.39 is 33.0 Å². The molecule has 1 aromatic carbocycles. The second-order valence-corrected chi connectivity index (χ2v) is 7.87. The zero-order valence-electron chi connectivity index (χ0n) is 15.1. The summed E-state index contributed by atoms with van der Waals surface area (Å²) in [6.07, 6.45) is -3.71. The van der Waals surface area contributed by atoms with Crippen LogP contribution in [-0.4, -0.2) is 31.1 Å². The van der Waals surface area contributed by atoms with Crippen LogP contribution in [0.1, 0.15) is 28.5 Å². The molecule has 1 heterocycles. The van der Waals surface area contributed by atoms with Crippen molar-refractivity contribution >= 4 is 21.6 Å². The van der Waals surface area contributed by atoms with E-state index in [0.717, 1.165) is 17.8 Å². The molecule has 0 aliphatic carbocycles. The smallest absolute Gasteiger partial charge is 0.345 e. The van der Waals surface area contributed by atoms with Crippen molar-refractivity contribution in [2.75, 3.05) is 5.32 Å². The number of sulfonamides is 1. The lowest BCUT2D eigenvalue weighted by Gasteiger charge is -2.16. The number of hydrogen-bond acceptors (Lipinski definition) is 4. The summed E-state index contributed by atoms with van der Waals surface area (Å²) < 4.78 is 64.9. The van der Waals surface area contributed by atoms with Gasteiger partial charge in [0, 0.05) is 18.9 Å². The zero-order chi connectivity index (χ0) is 21.3. The minimum absolute atomic E-state index is 0.0841. The highest BCUT2D eigenvalue weighted by Crippen LogP contribution is 2.23. The molecule has 0 aliphatic heterocycles. The largest absolute Gasteiger partial charge is 0.404 e. The average molecular weight is 414 g/mol. The predicted molar refractivity (Wildman–Crippen MR) is 95.1 cm³/mol. The first kappa shape index (κ1) is 21.5. The quantitative estimate of drug-likeness (QED) is 0.785. The Morgan fingerprint density at radius 1 is 1.29 bits per heavy atom. The van der Waals surface area contributed by atoms with Crippen LogP contribution in [0.15, 0.2) is 35.4 Å². The molecule has 11 heteroatoms. The van der Waals surface area contributed by atoms with E-state index in [4.69, 9.17) is 5.26 Å². The number of halogens is 3. The third kappa shape index (κ3) is 4.71. The maximum absolute atomic E-state index is 12.6. The number of nitrogens with zero attached hydrogens (tertiary/aromatic N) is 2. The summed E-state index contributed by atoms with van der Waals surface area (Å²) in [6, 6.07) is 5.33. The minimum atomic E-state index is -4.74. The van der Waals surface area contributed by atoms with Crippen LogP contribution < -0.4 is 10.0 Å². The normalized spacial score (nSPS) is 13.0. The zero-order valence-corrected chi connectivity index (χ0v) is 15.9. The lowest BCUT2D eigenvalue weighted by atomic mass is 10.1. The van der Waals surface area contributed by atoms with Crippen molar-refractivity contribution in [1.82, 2.24) is 9.29 Å². The van der Waals surface area contributed by atoms with Gasteiger partial charge < -0.3 is 9.88 Å². The lowest BCUT2D eigenvalue weighted by molar-refractivity contribution is -0.147. The molecule has 7 nitrogen and oxygen atoms in total. The summed E-state index contributed by atoms with van der Waals surface area (Å²) in [5, 5.41) is 11.6. The van der Waals surface area contributed by atoms with E-state index in [2.05, 4.69) is 5.32 Å². The van der Waals surface area contributed by atoms with Crippen molar-refractivity contribution in [1.29, 1.82) is 5.26 Å². The van der Waals surface area contributed by atoms with Gasteiger partial charge in [0.25, 0.3) is 5.91 Å². The Balaban J connectivity index is 2.26. The fourth-order valence-corrected chi connectivity index (χ4v) is 3.59. The van der Waals surface area contributed by atoms with Gasteiger partial charge in [-0.15, -0.1) is 0 Å². The summed E-state index contributed by atoms with van der Waals surface area (Å²) in [6.45, 7) is 2.41. The molecule has 0 fully saturated rings. The Hall–Kier alpha value is -2.84. The van der Waals surface area contributed by atoms with Crippen LogP contribution in [0.25, 0.3) is 0 Å². The molecule has 1 atom stereocenters. The van der Waals surface area contributed by atoms with Gasteiger partial charge in [-0.25, -0.2) is 8.42 Å². The van der Waals surface area contributed by atoms with Gasteiger partial charge in [0.2, 0.25) is 10.0 Å². The topological polar surface area (TPSA) is 104 Å². The Bertz CT molecular complexity index is 1050. The molecule has 0 bridgehead atoms. The van der Waals surface area contributed by atoms with Gasteiger partial charge in [-0.3, -0.25) is 4.79 Å². The maximum atomic E-state index is 12.6. The number of aryl methyl sites for hydroxylation is 2. The van der Waals surface area contributed by atoms with E-state index in [-0.39, 0.29) is 5.69 Å². The lowest BCUT2D eigenvalue weighted by Crippen LogP contribution is -2.42. The molecule has 0 radical (unpaired) electrons. The van der Waals surface area contributed by atoms with E-state index >= 15 is 0 Å². The summed E-state index contributed by atoms with van der Waals surface area (Å²) in [4.78, 5) is 12.0. The number of nitrogens with one attached hydrogen (secondary N) is 2. The molecule has 2 aromatic rings. The van der Waals surface area contributed by atoms with Gasteiger partial charge >= 0.3 is 6.18 Å². The summed E-state index contributed by atoms with van der Waals surface area (Å²) in [5.74, 6) is -0.680. The summed E-state index contributed by atoms with van der Waals surface area (Å²) in [5.41, 5.74) is 1.32. The number of hydrogen-bond donors (Lipinski definition) is 2. The Labute approximate surface area is 159 Å². The monoisotopic (exact) mass is 414 g/mol. The molecule has 0 saturated heterocycles. The molecule has 0 unspecified atom stereocenters. The van der Waals surface area contributed by atoms with E-state index in [1.807, 2.05) is 6.07 Å². The average Bonchev–Trinajstić information content (AvgIpc) is 2.98. The number of amides is 1. The first-order valence-electron chi connectivity index (χ1n) is 7.92. The molecule has 28 heavy (non-hydrogen) atoms. The summed E-state index contributed by atoms with van der Waals surface area (Å²) >= 11 is 0. The molecule has 1 amide bonds. The van der Waals surface area contributed by atoms with E-state index in [9.17, 15) is 26.4 Å². The molecule has 2 rings (SSSR count). The minimum Gasteiger partial charge on any atom is -0.345 e. The van der Waals surface area contributed by atoms with Crippen molar-refractivity contribution in [3.05, 3.63) is 47.3 Å². The SMILES string of the molecule is Cc1ccc(NC(=O)c2cc(S(=O)(=O)N[C@@H](C)C(F)(F)F)cn2C)cc1C#N. The van der Waals surface area contributed by atoms with Crippen LogP contribution in [-0.2, 0) is 17.1 Å². The number of alkyl halides is 3. The van der Waals surface area contributed by atoms with Crippen LogP contribution in [0.5, 0.6) is 0 Å². The third-order valence-corrected chi connectivity index (χ3v) is 5.47. The molecule has 150 valence electrons. The molecule has 2 N–H and O–H groups in total. The first-order valence-corrected chi connectivity index (χ1v) is 9.41. The van der Waals surface area contributed by atoms with Gasteiger partial charge in [0.15, 0.2) is 0 Å². The van der Waals surface area contributed by atoms with Gasteiger partial charge in [0.05, 0.1) is 11.6 Å². The number of carbonyl (C=O) groups is 1. The molecule has 0 aliphatic rings. The van der Waals surface area contributed by atoms with E-state index in [1.165, 1.54) is 22.4 Å². The van der Waals surface area contributed by atoms with Crippen LogP contribution >= 0.6 is 0 Å². The Kier molecular flexibility index (Phi) is 5.86. The molecule has 1 aromatic heterocycles. The fourth-order valence-electron chi connectivity index (χ4n) is 2.29. The van der Waals surface area contributed by atoms with Crippen LogP contribution in [0.3, 0.4) is 0 Å². The highest BCUT2D eigenvalue weighted by molar-refractivity contribution is 7.89.